The van der Waals surface area contributed by atoms with E-state index < -0.39 is 44.4 Å². The monoisotopic (exact) mass is 377 g/mol. The minimum absolute atomic E-state index is 0.369. The third kappa shape index (κ3) is 4.51. The van der Waals surface area contributed by atoms with Gasteiger partial charge in [-0.1, -0.05) is 6.07 Å². The van der Waals surface area contributed by atoms with Crippen LogP contribution in [0.3, 0.4) is 0 Å². The van der Waals surface area contributed by atoms with Crippen molar-refractivity contribution in [2.45, 2.75) is 17.1 Å². The van der Waals surface area contributed by atoms with E-state index in [9.17, 15) is 30.8 Å². The van der Waals surface area contributed by atoms with Gasteiger partial charge in [0.1, 0.15) is 5.82 Å². The molecule has 2 rings (SSSR count). The maximum Gasteiger partial charge on any atom is 0.412 e. The number of hydrogen-bond acceptors (Lipinski definition) is 4. The maximum atomic E-state index is 13.8. The molecular weight excluding hydrogens is 366 g/mol. The molecule has 1 atom stereocenters. The first-order chi connectivity index (χ1) is 11.5. The Labute approximate surface area is 139 Å². The fourth-order valence-corrected chi connectivity index (χ4v) is 2.50. The van der Waals surface area contributed by atoms with Gasteiger partial charge in [0.05, 0.1) is 10.5 Å². The van der Waals surface area contributed by atoms with E-state index in [0.29, 0.717) is 12.1 Å². The van der Waals surface area contributed by atoms with Crippen LogP contribution in [-0.4, -0.2) is 25.5 Å². The zero-order valence-electron chi connectivity index (χ0n) is 12.3. The van der Waals surface area contributed by atoms with Crippen molar-refractivity contribution < 1.29 is 30.8 Å². The Hall–Kier alpha value is -2.53. The van der Waals surface area contributed by atoms with E-state index >= 15 is 0 Å². The third-order valence-electron chi connectivity index (χ3n) is 3.13. The number of carbonyl (C=O) groups is 1. The van der Waals surface area contributed by atoms with Gasteiger partial charge in [-0.3, -0.25) is 9.78 Å². The number of alkyl halides is 3. The number of nitrogens with zero attached hydrogens (tertiary/aromatic N) is 1. The topological polar surface area (TPSA) is 102 Å². The first kappa shape index (κ1) is 18.8. The standard InChI is InChI=1S/C14H11F4N3O3S/c15-11-4-3-9(25(19,23)24)6-10(11)13(22)21-12(14(16,17)18)8-2-1-5-20-7-8/h1-7,12H,(H,21,22)(H2,19,23,24)/t12-/m1/s1. The van der Waals surface area contributed by atoms with Crippen LogP contribution in [0.2, 0.25) is 0 Å². The van der Waals surface area contributed by atoms with Crippen LogP contribution in [0.25, 0.3) is 0 Å². The number of nitrogens with two attached hydrogens (primary N) is 1. The Morgan fingerprint density at radius 3 is 2.44 bits per heavy atom. The molecule has 0 radical (unpaired) electrons. The van der Waals surface area contributed by atoms with Gasteiger partial charge in [0, 0.05) is 18.0 Å². The van der Waals surface area contributed by atoms with E-state index in [2.05, 4.69) is 4.98 Å². The Bertz CT molecular complexity index is 886. The van der Waals surface area contributed by atoms with Crippen molar-refractivity contribution in [1.29, 1.82) is 0 Å². The summed E-state index contributed by atoms with van der Waals surface area (Å²) in [6.07, 6.45) is -2.74. The van der Waals surface area contributed by atoms with E-state index in [1.807, 2.05) is 0 Å². The Morgan fingerprint density at radius 2 is 1.92 bits per heavy atom. The lowest BCUT2D eigenvalue weighted by Crippen LogP contribution is -2.38. The summed E-state index contributed by atoms with van der Waals surface area (Å²) in [7, 11) is -4.26. The van der Waals surface area contributed by atoms with Gasteiger partial charge in [-0.15, -0.1) is 0 Å². The number of benzene rings is 1. The van der Waals surface area contributed by atoms with Crippen LogP contribution in [0, 0.1) is 5.82 Å². The predicted molar refractivity (Wildman–Crippen MR) is 78.3 cm³/mol. The number of halogens is 4. The van der Waals surface area contributed by atoms with Crippen molar-refractivity contribution >= 4 is 15.9 Å². The summed E-state index contributed by atoms with van der Waals surface area (Å²) in [6.45, 7) is 0. The van der Waals surface area contributed by atoms with Gasteiger partial charge in [-0.25, -0.2) is 17.9 Å². The zero-order chi connectivity index (χ0) is 18.8. The van der Waals surface area contributed by atoms with Crippen molar-refractivity contribution in [3.05, 3.63) is 59.7 Å². The first-order valence-electron chi connectivity index (χ1n) is 6.60. The van der Waals surface area contributed by atoms with Gasteiger partial charge in [-0.05, 0) is 24.3 Å². The summed E-state index contributed by atoms with van der Waals surface area (Å²) in [6, 6.07) is 1.86. The molecule has 1 aromatic heterocycles. The number of nitrogens with one attached hydrogen (secondary N) is 1. The van der Waals surface area contributed by atoms with E-state index in [4.69, 9.17) is 5.14 Å². The highest BCUT2D eigenvalue weighted by Crippen LogP contribution is 2.32. The normalized spacial score (nSPS) is 13.3. The number of hydrogen-bond donors (Lipinski definition) is 2. The number of carbonyl (C=O) groups excluding carboxylic acids is 1. The molecule has 0 spiro atoms. The fourth-order valence-electron chi connectivity index (χ4n) is 1.97. The van der Waals surface area contributed by atoms with Gasteiger partial charge in [0.2, 0.25) is 10.0 Å². The Morgan fingerprint density at radius 1 is 1.24 bits per heavy atom. The largest absolute Gasteiger partial charge is 0.412 e. The second-order valence-corrected chi connectivity index (χ2v) is 6.48. The minimum Gasteiger partial charge on any atom is -0.337 e. The summed E-state index contributed by atoms with van der Waals surface area (Å²) < 4.78 is 75.9. The summed E-state index contributed by atoms with van der Waals surface area (Å²) in [4.78, 5) is 15.0. The van der Waals surface area contributed by atoms with Crippen LogP contribution in [0.1, 0.15) is 22.0 Å². The average molecular weight is 377 g/mol. The number of rotatable bonds is 4. The van der Waals surface area contributed by atoms with Crippen LogP contribution >= 0.6 is 0 Å². The third-order valence-corrected chi connectivity index (χ3v) is 4.04. The average Bonchev–Trinajstić information content (AvgIpc) is 2.51. The van der Waals surface area contributed by atoms with Gasteiger partial charge in [-0.2, -0.15) is 13.2 Å². The number of amides is 1. The van der Waals surface area contributed by atoms with E-state index in [1.54, 1.807) is 5.32 Å². The highest BCUT2D eigenvalue weighted by molar-refractivity contribution is 7.89. The fraction of sp³-hybridized carbons (Fsp3) is 0.143. The lowest BCUT2D eigenvalue weighted by molar-refractivity contribution is -0.155. The molecule has 0 aliphatic rings. The van der Waals surface area contributed by atoms with Crippen molar-refractivity contribution in [2.75, 3.05) is 0 Å². The second-order valence-electron chi connectivity index (χ2n) is 4.92. The SMILES string of the molecule is NS(=O)(=O)c1ccc(F)c(C(=O)N[C@H](c2cccnc2)C(F)(F)F)c1. The molecule has 0 bridgehead atoms. The maximum absolute atomic E-state index is 13.8. The molecule has 134 valence electrons. The Kier molecular flexibility index (Phi) is 5.09. The van der Waals surface area contributed by atoms with Crippen LogP contribution < -0.4 is 10.5 Å². The zero-order valence-corrected chi connectivity index (χ0v) is 13.1. The highest BCUT2D eigenvalue weighted by atomic mass is 32.2. The minimum atomic E-state index is -4.88. The molecule has 6 nitrogen and oxygen atoms in total. The molecule has 0 saturated heterocycles. The Balaban J connectivity index is 2.40. The lowest BCUT2D eigenvalue weighted by Gasteiger charge is -2.22. The molecule has 1 aromatic carbocycles. The molecule has 0 aliphatic heterocycles. The number of sulfonamides is 1. The summed E-state index contributed by atoms with van der Waals surface area (Å²) in [5, 5.41) is 6.50. The molecule has 0 saturated carbocycles. The van der Waals surface area contributed by atoms with Crippen molar-refractivity contribution in [3.63, 3.8) is 0 Å². The van der Waals surface area contributed by atoms with E-state index in [0.717, 1.165) is 18.3 Å². The van der Waals surface area contributed by atoms with Crippen LogP contribution in [0.4, 0.5) is 17.6 Å². The molecule has 0 unspecified atom stereocenters. The summed E-state index contributed by atoms with van der Waals surface area (Å²) in [5.41, 5.74) is -1.25. The molecule has 11 heteroatoms. The molecule has 1 amide bonds. The lowest BCUT2D eigenvalue weighted by atomic mass is 10.1. The molecule has 3 N–H and O–H groups in total. The van der Waals surface area contributed by atoms with Crippen molar-refractivity contribution in [3.8, 4) is 0 Å². The van der Waals surface area contributed by atoms with E-state index in [-0.39, 0.29) is 5.56 Å². The van der Waals surface area contributed by atoms with Crippen molar-refractivity contribution in [1.82, 2.24) is 10.3 Å². The van der Waals surface area contributed by atoms with Crippen LogP contribution in [0.15, 0.2) is 47.6 Å². The smallest absolute Gasteiger partial charge is 0.337 e. The highest BCUT2D eigenvalue weighted by Gasteiger charge is 2.42. The summed E-state index contributed by atoms with van der Waals surface area (Å²) in [5.74, 6) is -2.65. The van der Waals surface area contributed by atoms with Gasteiger partial charge < -0.3 is 5.32 Å². The predicted octanol–water partition coefficient (Wildman–Crippen LogP) is 1.90. The van der Waals surface area contributed by atoms with Crippen LogP contribution in [0.5, 0.6) is 0 Å². The molecule has 0 aliphatic carbocycles. The summed E-state index contributed by atoms with van der Waals surface area (Å²) >= 11 is 0. The first-order valence-corrected chi connectivity index (χ1v) is 8.14. The van der Waals surface area contributed by atoms with Gasteiger partial charge in [0.15, 0.2) is 6.04 Å². The van der Waals surface area contributed by atoms with Gasteiger partial charge >= 0.3 is 6.18 Å². The number of pyridine rings is 1. The molecule has 0 fully saturated rings. The van der Waals surface area contributed by atoms with Crippen LogP contribution in [-0.2, 0) is 10.0 Å². The van der Waals surface area contributed by atoms with E-state index in [1.165, 1.54) is 12.3 Å². The van der Waals surface area contributed by atoms with Gasteiger partial charge in [0.25, 0.3) is 5.91 Å². The molecule has 1 heterocycles. The second kappa shape index (κ2) is 6.76. The number of aromatic nitrogens is 1. The van der Waals surface area contributed by atoms with Crippen molar-refractivity contribution in [2.24, 2.45) is 5.14 Å². The quantitative estimate of drug-likeness (QED) is 0.795. The molecule has 25 heavy (non-hydrogen) atoms. The molecule has 2 aromatic rings. The molecular formula is C14H11F4N3O3S. The number of primary sulfonamides is 1.